The fourth-order valence-electron chi connectivity index (χ4n) is 8.95. The van der Waals surface area contributed by atoms with Crippen molar-refractivity contribution in [2.24, 2.45) is 0 Å². The Bertz CT molecular complexity index is 3070. The van der Waals surface area contributed by atoms with E-state index < -0.39 is 0 Å². The summed E-state index contributed by atoms with van der Waals surface area (Å²) < 4.78 is 2.34. The number of rotatable bonds is 5. The molecule has 0 aliphatic heterocycles. The predicted molar refractivity (Wildman–Crippen MR) is 231 cm³/mol. The van der Waals surface area contributed by atoms with Gasteiger partial charge in [0.05, 0.1) is 11.0 Å². The smallest absolute Gasteiger partial charge is 0.145 e. The highest BCUT2D eigenvalue weighted by Crippen LogP contribution is 2.52. The number of anilines is 3. The minimum Gasteiger partial charge on any atom is -0.310 e. The lowest BCUT2D eigenvalue weighted by Gasteiger charge is -2.26. The Morgan fingerprint density at radius 1 is 0.455 bits per heavy atom. The maximum Gasteiger partial charge on any atom is 0.145 e. The van der Waals surface area contributed by atoms with Crippen molar-refractivity contribution in [2.75, 3.05) is 4.90 Å². The number of para-hydroxylation sites is 3. The quantitative estimate of drug-likeness (QED) is 0.166. The van der Waals surface area contributed by atoms with Gasteiger partial charge in [0.25, 0.3) is 0 Å². The number of hydrogen-bond donors (Lipinski definition) is 0. The molecular formula is C52H37N3. The third-order valence-corrected chi connectivity index (χ3v) is 11.7. The number of nitrogens with zero attached hydrogens (tertiary/aromatic N) is 3. The van der Waals surface area contributed by atoms with E-state index in [1.54, 1.807) is 0 Å². The number of imidazole rings is 1. The Kier molecular flexibility index (Phi) is 6.90. The van der Waals surface area contributed by atoms with E-state index in [0.29, 0.717) is 0 Å². The van der Waals surface area contributed by atoms with Gasteiger partial charge in [-0.1, -0.05) is 123 Å². The fraction of sp³-hybridized carbons (Fsp3) is 0.0577. The van der Waals surface area contributed by atoms with Gasteiger partial charge in [-0.25, -0.2) is 4.98 Å². The standard InChI is InChI=1S/C52H37N3/c1-52(2)47-30-37-24-23-36-29-42(54(39-16-6-3-7-17-39)40-18-8-4-9-19-40)26-27-43(36)44(37)31-45(47)46-32-50-49(33-48(46)52)53-51(55(50)41-20-10-5-11-21-41)38-25-22-34-14-12-13-15-35(34)28-38/h3-33H,1-2H3. The molecule has 0 amide bonds. The van der Waals surface area contributed by atoms with Gasteiger partial charge in [-0.2, -0.15) is 0 Å². The summed E-state index contributed by atoms with van der Waals surface area (Å²) >= 11 is 0. The third kappa shape index (κ3) is 4.93. The zero-order valence-corrected chi connectivity index (χ0v) is 30.7. The molecule has 0 spiro atoms. The van der Waals surface area contributed by atoms with Crippen molar-refractivity contribution < 1.29 is 0 Å². The first-order chi connectivity index (χ1) is 27.0. The van der Waals surface area contributed by atoms with E-state index in [-0.39, 0.29) is 5.41 Å². The first-order valence-electron chi connectivity index (χ1n) is 19.0. The van der Waals surface area contributed by atoms with Crippen LogP contribution in [0.3, 0.4) is 0 Å². The summed E-state index contributed by atoms with van der Waals surface area (Å²) in [4.78, 5) is 7.72. The summed E-state index contributed by atoms with van der Waals surface area (Å²) in [6, 6.07) is 68.2. The molecular weight excluding hydrogens is 667 g/mol. The van der Waals surface area contributed by atoms with Crippen molar-refractivity contribution >= 4 is 60.4 Å². The Hall–Kier alpha value is -6.97. The predicted octanol–water partition coefficient (Wildman–Crippen LogP) is 13.9. The summed E-state index contributed by atoms with van der Waals surface area (Å²) in [5.74, 6) is 0.953. The molecule has 0 fully saturated rings. The summed E-state index contributed by atoms with van der Waals surface area (Å²) in [6.07, 6.45) is 0. The first-order valence-corrected chi connectivity index (χ1v) is 19.0. The fourth-order valence-corrected chi connectivity index (χ4v) is 8.95. The van der Waals surface area contributed by atoms with Crippen LogP contribution in [0.1, 0.15) is 25.0 Å². The van der Waals surface area contributed by atoms with Gasteiger partial charge >= 0.3 is 0 Å². The third-order valence-electron chi connectivity index (χ3n) is 11.7. The molecule has 10 aromatic rings. The molecule has 1 heterocycles. The molecule has 3 heteroatoms. The molecule has 3 nitrogen and oxygen atoms in total. The maximum absolute atomic E-state index is 5.39. The normalized spacial score (nSPS) is 13.1. The average molecular weight is 704 g/mol. The average Bonchev–Trinajstić information content (AvgIpc) is 3.71. The Labute approximate surface area is 320 Å². The van der Waals surface area contributed by atoms with Gasteiger partial charge in [0.2, 0.25) is 0 Å². The van der Waals surface area contributed by atoms with Gasteiger partial charge in [-0.05, 0) is 133 Å². The Morgan fingerprint density at radius 2 is 1.05 bits per heavy atom. The number of hydrogen-bond acceptors (Lipinski definition) is 2. The second-order valence-electron chi connectivity index (χ2n) is 15.3. The van der Waals surface area contributed by atoms with Gasteiger partial charge < -0.3 is 4.90 Å². The highest BCUT2D eigenvalue weighted by atomic mass is 15.1. The van der Waals surface area contributed by atoms with Crippen LogP contribution < -0.4 is 4.90 Å². The van der Waals surface area contributed by atoms with E-state index in [1.165, 1.54) is 54.6 Å². The van der Waals surface area contributed by atoms with Gasteiger partial charge in [0.15, 0.2) is 0 Å². The minimum atomic E-state index is -0.183. The van der Waals surface area contributed by atoms with Crippen LogP contribution in [0.15, 0.2) is 188 Å². The van der Waals surface area contributed by atoms with Crippen molar-refractivity contribution in [1.29, 1.82) is 0 Å². The zero-order valence-electron chi connectivity index (χ0n) is 30.7. The van der Waals surface area contributed by atoms with Crippen LogP contribution in [0, 0.1) is 0 Å². The van der Waals surface area contributed by atoms with Gasteiger partial charge in [-0.15, -0.1) is 0 Å². The molecule has 260 valence electrons. The van der Waals surface area contributed by atoms with Crippen molar-refractivity contribution in [3.8, 4) is 28.2 Å². The molecule has 0 N–H and O–H groups in total. The molecule has 0 radical (unpaired) electrons. The highest BCUT2D eigenvalue weighted by molar-refractivity contribution is 6.11. The van der Waals surface area contributed by atoms with Crippen LogP contribution in [0.2, 0.25) is 0 Å². The molecule has 9 aromatic carbocycles. The van der Waals surface area contributed by atoms with E-state index in [0.717, 1.165) is 45.2 Å². The van der Waals surface area contributed by atoms with Crippen molar-refractivity contribution in [3.63, 3.8) is 0 Å². The molecule has 1 aromatic heterocycles. The van der Waals surface area contributed by atoms with Crippen LogP contribution in [0.25, 0.3) is 71.6 Å². The Morgan fingerprint density at radius 3 is 1.78 bits per heavy atom. The zero-order chi connectivity index (χ0) is 36.7. The molecule has 1 aliphatic carbocycles. The lowest BCUT2D eigenvalue weighted by atomic mass is 9.81. The summed E-state index contributed by atoms with van der Waals surface area (Å²) in [5.41, 5.74) is 12.8. The van der Waals surface area contributed by atoms with Gasteiger partial charge in [0, 0.05) is 33.7 Å². The molecule has 0 unspecified atom stereocenters. The van der Waals surface area contributed by atoms with Gasteiger partial charge in [-0.3, -0.25) is 4.57 Å². The molecule has 0 atom stereocenters. The van der Waals surface area contributed by atoms with Gasteiger partial charge in [0.1, 0.15) is 5.82 Å². The number of fused-ring (bicyclic) bond motifs is 8. The molecule has 1 aliphatic rings. The number of benzene rings is 9. The van der Waals surface area contributed by atoms with Crippen molar-refractivity contribution in [1.82, 2.24) is 9.55 Å². The van der Waals surface area contributed by atoms with E-state index in [4.69, 9.17) is 4.98 Å². The monoisotopic (exact) mass is 703 g/mol. The maximum atomic E-state index is 5.39. The Balaban J connectivity index is 1.10. The molecule has 11 rings (SSSR count). The lowest BCUT2D eigenvalue weighted by molar-refractivity contribution is 0.662. The number of aromatic nitrogens is 2. The molecule has 55 heavy (non-hydrogen) atoms. The van der Waals surface area contributed by atoms with Crippen LogP contribution in [-0.2, 0) is 5.41 Å². The molecule has 0 saturated heterocycles. The SMILES string of the molecule is CC1(C)c2cc3ccc4cc(N(c5ccccc5)c5ccccc5)ccc4c3cc2-c2cc3c(cc21)nc(-c1ccc2ccccc2c1)n3-c1ccccc1. The lowest BCUT2D eigenvalue weighted by Crippen LogP contribution is -2.15. The van der Waals surface area contributed by atoms with E-state index in [2.05, 4.69) is 211 Å². The van der Waals surface area contributed by atoms with Crippen molar-refractivity contribution in [3.05, 3.63) is 199 Å². The van der Waals surface area contributed by atoms with Crippen LogP contribution >= 0.6 is 0 Å². The summed E-state index contributed by atoms with van der Waals surface area (Å²) in [7, 11) is 0. The highest BCUT2D eigenvalue weighted by Gasteiger charge is 2.37. The van der Waals surface area contributed by atoms with E-state index in [1.807, 2.05) is 0 Å². The van der Waals surface area contributed by atoms with E-state index in [9.17, 15) is 0 Å². The first kappa shape index (κ1) is 31.5. The van der Waals surface area contributed by atoms with Crippen LogP contribution in [0.4, 0.5) is 17.1 Å². The van der Waals surface area contributed by atoms with Crippen LogP contribution in [-0.4, -0.2) is 9.55 Å². The topological polar surface area (TPSA) is 21.1 Å². The summed E-state index contributed by atoms with van der Waals surface area (Å²) in [5, 5.41) is 7.45. The summed E-state index contributed by atoms with van der Waals surface area (Å²) in [6.45, 7) is 4.73. The van der Waals surface area contributed by atoms with Crippen molar-refractivity contribution in [2.45, 2.75) is 19.3 Å². The second-order valence-corrected chi connectivity index (χ2v) is 15.3. The second kappa shape index (κ2) is 12.0. The molecule has 0 bridgehead atoms. The largest absolute Gasteiger partial charge is 0.310 e. The van der Waals surface area contributed by atoms with Crippen LogP contribution in [0.5, 0.6) is 0 Å². The minimum absolute atomic E-state index is 0.183. The van der Waals surface area contributed by atoms with E-state index >= 15 is 0 Å². The molecule has 0 saturated carbocycles.